The highest BCUT2D eigenvalue weighted by atomic mass is 35.5. The third kappa shape index (κ3) is 5.29. The monoisotopic (exact) mass is 386 g/mol. The Kier molecular flexibility index (Phi) is 6.21. The molecule has 1 aromatic heterocycles. The van der Waals surface area contributed by atoms with Crippen LogP contribution in [0.25, 0.3) is 0 Å². The van der Waals surface area contributed by atoms with Crippen molar-refractivity contribution in [3.8, 4) is 0 Å². The van der Waals surface area contributed by atoms with E-state index in [-0.39, 0.29) is 17.4 Å². The predicted molar refractivity (Wildman–Crippen MR) is 91.4 cm³/mol. The quantitative estimate of drug-likeness (QED) is 0.734. The van der Waals surface area contributed by atoms with Crippen molar-refractivity contribution in [1.82, 2.24) is 9.88 Å². The maximum absolute atomic E-state index is 12.5. The van der Waals surface area contributed by atoms with Crippen LogP contribution in [0.3, 0.4) is 0 Å². The Morgan fingerprint density at radius 2 is 1.96 bits per heavy atom. The molecule has 2 aromatic rings. The van der Waals surface area contributed by atoms with Gasteiger partial charge in [-0.05, 0) is 37.1 Å². The number of sulfonamides is 1. The summed E-state index contributed by atoms with van der Waals surface area (Å²) in [6, 6.07) is 6.26. The first-order chi connectivity index (χ1) is 11.7. The van der Waals surface area contributed by atoms with Gasteiger partial charge < -0.3 is 9.26 Å². The van der Waals surface area contributed by atoms with E-state index in [4.69, 9.17) is 20.9 Å². The molecular formula is C16H19ClN2O5S. The molecule has 0 aliphatic rings. The number of rotatable bonds is 7. The first-order valence-electron chi connectivity index (χ1n) is 7.56. The Hall–Kier alpha value is -1.90. The number of aryl methyl sites for hydroxylation is 1. The van der Waals surface area contributed by atoms with Gasteiger partial charge in [0.05, 0.1) is 4.90 Å². The summed E-state index contributed by atoms with van der Waals surface area (Å²) in [5.74, 6) is -0.406. The lowest BCUT2D eigenvalue weighted by molar-refractivity contribution is -0.148. The number of nitrogens with one attached hydrogen (secondary N) is 1. The molecule has 2 rings (SSSR count). The SMILES string of the molecule is Cc1cc(COC(=O)[C@@H](NS(=O)(=O)c2ccc(Cl)cc2)C(C)C)no1. The summed E-state index contributed by atoms with van der Waals surface area (Å²) in [5.41, 5.74) is 0.453. The largest absolute Gasteiger partial charge is 0.458 e. The van der Waals surface area contributed by atoms with Gasteiger partial charge in [-0.3, -0.25) is 4.79 Å². The standard InChI is InChI=1S/C16H19ClN2O5S/c1-10(2)15(16(20)23-9-13-8-11(3)24-18-13)19-25(21,22)14-6-4-12(17)5-7-14/h4-8,10,15,19H,9H2,1-3H3/t15-/m0/s1. The molecule has 0 saturated heterocycles. The Morgan fingerprint density at radius 3 is 2.48 bits per heavy atom. The van der Waals surface area contributed by atoms with Crippen molar-refractivity contribution in [3.05, 3.63) is 46.8 Å². The molecule has 1 atom stereocenters. The number of carbonyl (C=O) groups is 1. The minimum absolute atomic E-state index is 0.0162. The number of ether oxygens (including phenoxy) is 1. The summed E-state index contributed by atoms with van der Waals surface area (Å²) < 4.78 is 37.3. The molecule has 0 aliphatic heterocycles. The van der Waals surface area contributed by atoms with Gasteiger partial charge in [0.1, 0.15) is 24.1 Å². The second-order valence-corrected chi connectivity index (χ2v) is 7.98. The van der Waals surface area contributed by atoms with Crippen molar-refractivity contribution in [2.75, 3.05) is 0 Å². The average Bonchev–Trinajstić information content (AvgIpc) is 2.96. The van der Waals surface area contributed by atoms with Crippen molar-refractivity contribution in [2.45, 2.75) is 38.3 Å². The van der Waals surface area contributed by atoms with Crippen molar-refractivity contribution in [3.63, 3.8) is 0 Å². The molecule has 0 radical (unpaired) electrons. The molecule has 9 heteroatoms. The molecule has 1 heterocycles. The van der Waals surface area contributed by atoms with Crippen LogP contribution in [0.5, 0.6) is 0 Å². The number of nitrogens with zero attached hydrogens (tertiary/aromatic N) is 1. The molecule has 136 valence electrons. The minimum Gasteiger partial charge on any atom is -0.458 e. The highest BCUT2D eigenvalue weighted by Crippen LogP contribution is 2.16. The summed E-state index contributed by atoms with van der Waals surface area (Å²) in [6.45, 7) is 5.06. The van der Waals surface area contributed by atoms with Crippen LogP contribution in [-0.2, 0) is 26.2 Å². The van der Waals surface area contributed by atoms with E-state index in [1.54, 1.807) is 26.8 Å². The van der Waals surface area contributed by atoms with E-state index < -0.39 is 22.0 Å². The van der Waals surface area contributed by atoms with Gasteiger partial charge in [0.2, 0.25) is 10.0 Å². The lowest BCUT2D eigenvalue weighted by Crippen LogP contribution is -2.45. The van der Waals surface area contributed by atoms with E-state index in [2.05, 4.69) is 9.88 Å². The number of benzene rings is 1. The summed E-state index contributed by atoms with van der Waals surface area (Å²) in [4.78, 5) is 12.3. The van der Waals surface area contributed by atoms with Gasteiger partial charge in [-0.15, -0.1) is 0 Å². The van der Waals surface area contributed by atoms with Crippen molar-refractivity contribution < 1.29 is 22.5 Å². The van der Waals surface area contributed by atoms with Crippen LogP contribution < -0.4 is 4.72 Å². The Balaban J connectivity index is 2.08. The Bertz CT molecular complexity index is 830. The molecule has 0 spiro atoms. The fourth-order valence-corrected chi connectivity index (χ4v) is 3.49. The van der Waals surface area contributed by atoms with Gasteiger partial charge in [0.15, 0.2) is 0 Å². The summed E-state index contributed by atoms with van der Waals surface area (Å²) in [6.07, 6.45) is 0. The third-order valence-electron chi connectivity index (χ3n) is 3.37. The maximum atomic E-state index is 12.5. The number of aromatic nitrogens is 1. The number of carbonyl (C=O) groups excluding carboxylic acids is 1. The summed E-state index contributed by atoms with van der Waals surface area (Å²) >= 11 is 5.77. The molecule has 1 N–H and O–H groups in total. The second kappa shape index (κ2) is 7.99. The van der Waals surface area contributed by atoms with Crippen molar-refractivity contribution in [2.24, 2.45) is 5.92 Å². The topological polar surface area (TPSA) is 98.5 Å². The van der Waals surface area contributed by atoms with Crippen LogP contribution in [0.1, 0.15) is 25.3 Å². The molecule has 0 unspecified atom stereocenters. The fraction of sp³-hybridized carbons (Fsp3) is 0.375. The molecule has 0 bridgehead atoms. The van der Waals surface area contributed by atoms with Crippen LogP contribution in [-0.4, -0.2) is 25.6 Å². The lowest BCUT2D eigenvalue weighted by Gasteiger charge is -2.20. The van der Waals surface area contributed by atoms with E-state index in [0.717, 1.165) is 0 Å². The molecular weight excluding hydrogens is 368 g/mol. The van der Waals surface area contributed by atoms with Crippen LogP contribution in [0.2, 0.25) is 5.02 Å². The number of hydrogen-bond donors (Lipinski definition) is 1. The van der Waals surface area contributed by atoms with Gasteiger partial charge >= 0.3 is 5.97 Å². The van der Waals surface area contributed by atoms with Gasteiger partial charge in [0.25, 0.3) is 0 Å². The smallest absolute Gasteiger partial charge is 0.324 e. The molecule has 0 fully saturated rings. The summed E-state index contributed by atoms with van der Waals surface area (Å²) in [7, 11) is -3.89. The Labute approximate surface area is 151 Å². The van der Waals surface area contributed by atoms with Gasteiger partial charge in [-0.25, -0.2) is 8.42 Å². The lowest BCUT2D eigenvalue weighted by atomic mass is 10.1. The minimum atomic E-state index is -3.89. The highest BCUT2D eigenvalue weighted by molar-refractivity contribution is 7.89. The van der Waals surface area contributed by atoms with Crippen LogP contribution in [0.15, 0.2) is 39.8 Å². The van der Waals surface area contributed by atoms with Gasteiger partial charge in [-0.1, -0.05) is 30.6 Å². The number of halogens is 1. The average molecular weight is 387 g/mol. The fourth-order valence-electron chi connectivity index (χ4n) is 2.03. The zero-order valence-electron chi connectivity index (χ0n) is 14.0. The van der Waals surface area contributed by atoms with Crippen LogP contribution in [0, 0.1) is 12.8 Å². The normalized spacial score (nSPS) is 13.0. The molecule has 7 nitrogen and oxygen atoms in total. The highest BCUT2D eigenvalue weighted by Gasteiger charge is 2.29. The van der Waals surface area contributed by atoms with Crippen LogP contribution >= 0.6 is 11.6 Å². The second-order valence-electron chi connectivity index (χ2n) is 5.83. The molecule has 0 aliphatic carbocycles. The number of hydrogen-bond acceptors (Lipinski definition) is 6. The molecule has 1 aromatic carbocycles. The number of esters is 1. The van der Waals surface area contributed by atoms with Crippen molar-refractivity contribution >= 4 is 27.6 Å². The third-order valence-corrected chi connectivity index (χ3v) is 5.07. The van der Waals surface area contributed by atoms with E-state index in [1.165, 1.54) is 24.3 Å². The van der Waals surface area contributed by atoms with Gasteiger partial charge in [-0.2, -0.15) is 4.72 Å². The van der Waals surface area contributed by atoms with E-state index >= 15 is 0 Å². The predicted octanol–water partition coefficient (Wildman–Crippen LogP) is 2.68. The maximum Gasteiger partial charge on any atom is 0.324 e. The Morgan fingerprint density at radius 1 is 1.32 bits per heavy atom. The van der Waals surface area contributed by atoms with E-state index in [0.29, 0.717) is 16.5 Å². The molecule has 0 amide bonds. The zero-order valence-corrected chi connectivity index (χ0v) is 15.6. The van der Waals surface area contributed by atoms with Crippen LogP contribution in [0.4, 0.5) is 0 Å². The first-order valence-corrected chi connectivity index (χ1v) is 9.42. The first kappa shape index (κ1) is 19.4. The van der Waals surface area contributed by atoms with Gasteiger partial charge in [0, 0.05) is 11.1 Å². The van der Waals surface area contributed by atoms with E-state index in [1.807, 2.05) is 0 Å². The molecule has 25 heavy (non-hydrogen) atoms. The molecule has 0 saturated carbocycles. The zero-order chi connectivity index (χ0) is 18.6. The summed E-state index contributed by atoms with van der Waals surface area (Å²) in [5, 5.41) is 4.14. The van der Waals surface area contributed by atoms with E-state index in [9.17, 15) is 13.2 Å². The van der Waals surface area contributed by atoms with Crippen molar-refractivity contribution in [1.29, 1.82) is 0 Å².